The molecule has 0 fully saturated rings. The van der Waals surface area contributed by atoms with Crippen LogP contribution < -0.4 is 9.62 Å². The van der Waals surface area contributed by atoms with E-state index in [1.165, 1.54) is 49.5 Å². The summed E-state index contributed by atoms with van der Waals surface area (Å²) < 4.78 is 37.4. The van der Waals surface area contributed by atoms with Crippen LogP contribution >= 0.6 is 0 Å². The van der Waals surface area contributed by atoms with E-state index in [1.54, 1.807) is 48.7 Å². The number of nitrogens with zero attached hydrogens (tertiary/aromatic N) is 1. The molecular formula is C22H20N2O6S. The lowest BCUT2D eigenvalue weighted by atomic mass is 10.1. The Labute approximate surface area is 180 Å². The molecule has 0 unspecified atom stereocenters. The first-order valence-electron chi connectivity index (χ1n) is 9.10. The highest BCUT2D eigenvalue weighted by Gasteiger charge is 2.27. The summed E-state index contributed by atoms with van der Waals surface area (Å²) in [6.45, 7) is 0. The SMILES string of the molecule is COC(=O)C1=C(C(=O)OC)N(c2ccc(S(=O)(=O)Nc3ccccc3)cc2)C=CC=C1. The molecule has 0 saturated carbocycles. The second kappa shape index (κ2) is 9.31. The molecule has 1 N–H and O–H groups in total. The summed E-state index contributed by atoms with van der Waals surface area (Å²) in [6.07, 6.45) is 6.21. The molecule has 2 aromatic rings. The van der Waals surface area contributed by atoms with Crippen LogP contribution in [0.15, 0.2) is 95.2 Å². The molecule has 1 aliphatic rings. The van der Waals surface area contributed by atoms with Crippen LogP contribution in [-0.2, 0) is 29.1 Å². The fourth-order valence-electron chi connectivity index (χ4n) is 2.87. The van der Waals surface area contributed by atoms with E-state index in [4.69, 9.17) is 9.47 Å². The van der Waals surface area contributed by atoms with Gasteiger partial charge in [0.2, 0.25) is 0 Å². The Hall–Kier alpha value is -3.85. The third kappa shape index (κ3) is 4.84. The monoisotopic (exact) mass is 440 g/mol. The van der Waals surface area contributed by atoms with Crippen molar-refractivity contribution in [2.24, 2.45) is 0 Å². The molecule has 0 spiro atoms. The maximum atomic E-state index is 12.6. The minimum absolute atomic E-state index is 0.00166. The van der Waals surface area contributed by atoms with Crippen LogP contribution in [0.3, 0.4) is 0 Å². The lowest BCUT2D eigenvalue weighted by molar-refractivity contribution is -0.139. The van der Waals surface area contributed by atoms with E-state index in [9.17, 15) is 18.0 Å². The normalized spacial score (nSPS) is 13.5. The molecular weight excluding hydrogens is 420 g/mol. The first kappa shape index (κ1) is 21.8. The first-order valence-corrected chi connectivity index (χ1v) is 10.6. The summed E-state index contributed by atoms with van der Waals surface area (Å²) in [5.41, 5.74) is 0.825. The van der Waals surface area contributed by atoms with Crippen molar-refractivity contribution in [2.45, 2.75) is 4.90 Å². The first-order chi connectivity index (χ1) is 14.9. The van der Waals surface area contributed by atoms with Gasteiger partial charge in [-0.2, -0.15) is 0 Å². The summed E-state index contributed by atoms with van der Waals surface area (Å²) in [6, 6.07) is 14.4. The topological polar surface area (TPSA) is 102 Å². The van der Waals surface area contributed by atoms with Crippen molar-refractivity contribution < 1.29 is 27.5 Å². The molecule has 0 amide bonds. The lowest BCUT2D eigenvalue weighted by Crippen LogP contribution is -2.27. The van der Waals surface area contributed by atoms with Crippen molar-refractivity contribution in [1.82, 2.24) is 0 Å². The average molecular weight is 440 g/mol. The number of anilines is 2. The van der Waals surface area contributed by atoms with Crippen LogP contribution in [0.1, 0.15) is 0 Å². The molecule has 9 heteroatoms. The summed E-state index contributed by atoms with van der Waals surface area (Å²) in [5, 5.41) is 0. The van der Waals surface area contributed by atoms with Crippen LogP contribution in [0.5, 0.6) is 0 Å². The average Bonchev–Trinajstić information content (AvgIpc) is 3.01. The molecule has 2 aromatic carbocycles. The number of carbonyl (C=O) groups excluding carboxylic acids is 2. The minimum Gasteiger partial charge on any atom is -0.465 e. The van der Waals surface area contributed by atoms with Crippen molar-refractivity contribution in [3.8, 4) is 0 Å². The fourth-order valence-corrected chi connectivity index (χ4v) is 3.93. The Morgan fingerprint density at radius 2 is 1.52 bits per heavy atom. The molecule has 0 atom stereocenters. The summed E-state index contributed by atoms with van der Waals surface area (Å²) in [5.74, 6) is -1.46. The number of allylic oxidation sites excluding steroid dienone is 2. The largest absolute Gasteiger partial charge is 0.465 e. The van der Waals surface area contributed by atoms with Gasteiger partial charge in [-0.15, -0.1) is 0 Å². The molecule has 0 aliphatic carbocycles. The van der Waals surface area contributed by atoms with Crippen molar-refractivity contribution >= 4 is 33.3 Å². The van der Waals surface area contributed by atoms with Crippen LogP contribution in [-0.4, -0.2) is 34.6 Å². The van der Waals surface area contributed by atoms with E-state index < -0.39 is 22.0 Å². The van der Waals surface area contributed by atoms with Crippen LogP contribution in [0, 0.1) is 0 Å². The van der Waals surface area contributed by atoms with Crippen molar-refractivity contribution in [2.75, 3.05) is 23.8 Å². The number of sulfonamides is 1. The molecule has 0 aromatic heterocycles. The Morgan fingerprint density at radius 3 is 2.13 bits per heavy atom. The zero-order valence-corrected chi connectivity index (χ0v) is 17.6. The smallest absolute Gasteiger partial charge is 0.355 e. The second-order valence-corrected chi connectivity index (χ2v) is 7.96. The predicted octanol–water partition coefficient (Wildman–Crippen LogP) is 2.98. The number of ether oxygens (including phenoxy) is 2. The summed E-state index contributed by atoms with van der Waals surface area (Å²) in [4.78, 5) is 26.1. The number of para-hydroxylation sites is 1. The van der Waals surface area contributed by atoms with Gasteiger partial charge in [-0.25, -0.2) is 18.0 Å². The van der Waals surface area contributed by atoms with Crippen molar-refractivity contribution in [1.29, 1.82) is 0 Å². The van der Waals surface area contributed by atoms with Gasteiger partial charge in [0.1, 0.15) is 5.70 Å². The van der Waals surface area contributed by atoms with E-state index >= 15 is 0 Å². The highest BCUT2D eigenvalue weighted by molar-refractivity contribution is 7.92. The molecule has 3 rings (SSSR count). The number of hydrogen-bond donors (Lipinski definition) is 1. The van der Waals surface area contributed by atoms with Crippen molar-refractivity contribution in [3.05, 3.63) is 90.3 Å². The lowest BCUT2D eigenvalue weighted by Gasteiger charge is -2.23. The van der Waals surface area contributed by atoms with Gasteiger partial charge in [0, 0.05) is 17.6 Å². The van der Waals surface area contributed by atoms with Gasteiger partial charge in [-0.3, -0.25) is 4.72 Å². The maximum absolute atomic E-state index is 12.6. The molecule has 1 heterocycles. The van der Waals surface area contributed by atoms with Crippen LogP contribution in [0.25, 0.3) is 0 Å². The quantitative estimate of drug-likeness (QED) is 0.689. The second-order valence-electron chi connectivity index (χ2n) is 6.28. The zero-order valence-electron chi connectivity index (χ0n) is 16.8. The number of nitrogens with one attached hydrogen (secondary N) is 1. The van der Waals surface area contributed by atoms with Gasteiger partial charge in [-0.05, 0) is 48.6 Å². The molecule has 31 heavy (non-hydrogen) atoms. The van der Waals surface area contributed by atoms with E-state index in [-0.39, 0.29) is 16.2 Å². The molecule has 160 valence electrons. The molecule has 0 saturated heterocycles. The number of hydrogen-bond acceptors (Lipinski definition) is 7. The van der Waals surface area contributed by atoms with Gasteiger partial charge in [-0.1, -0.05) is 24.3 Å². The van der Waals surface area contributed by atoms with E-state index in [0.717, 1.165) is 0 Å². The third-order valence-corrected chi connectivity index (χ3v) is 5.74. The van der Waals surface area contributed by atoms with Crippen LogP contribution in [0.2, 0.25) is 0 Å². The number of benzene rings is 2. The molecule has 8 nitrogen and oxygen atoms in total. The van der Waals surface area contributed by atoms with Gasteiger partial charge < -0.3 is 14.4 Å². The summed E-state index contributed by atoms with van der Waals surface area (Å²) >= 11 is 0. The number of esters is 2. The zero-order chi connectivity index (χ0) is 22.4. The van der Waals surface area contributed by atoms with Crippen LogP contribution in [0.4, 0.5) is 11.4 Å². The van der Waals surface area contributed by atoms with Gasteiger partial charge in [0.05, 0.1) is 24.7 Å². The Bertz CT molecular complexity index is 1170. The van der Waals surface area contributed by atoms with E-state index in [2.05, 4.69) is 4.72 Å². The predicted molar refractivity (Wildman–Crippen MR) is 116 cm³/mol. The fraction of sp³-hybridized carbons (Fsp3) is 0.0909. The van der Waals surface area contributed by atoms with Gasteiger partial charge in [0.15, 0.2) is 0 Å². The van der Waals surface area contributed by atoms with Gasteiger partial charge >= 0.3 is 11.9 Å². The Kier molecular flexibility index (Phi) is 6.56. The third-order valence-electron chi connectivity index (χ3n) is 4.34. The number of methoxy groups -OCH3 is 2. The standard InChI is InChI=1S/C22H20N2O6S/c1-29-21(25)19-10-6-7-15-24(20(19)22(26)30-2)17-11-13-18(14-12-17)31(27,28)23-16-8-4-3-5-9-16/h3-15,23H,1-2H3. The highest BCUT2D eigenvalue weighted by atomic mass is 32.2. The number of carbonyl (C=O) groups is 2. The Balaban J connectivity index is 1.98. The molecule has 0 bridgehead atoms. The maximum Gasteiger partial charge on any atom is 0.355 e. The number of rotatable bonds is 6. The van der Waals surface area contributed by atoms with E-state index in [1.807, 2.05) is 0 Å². The van der Waals surface area contributed by atoms with E-state index in [0.29, 0.717) is 11.4 Å². The molecule has 0 radical (unpaired) electrons. The van der Waals surface area contributed by atoms with Gasteiger partial charge in [0.25, 0.3) is 10.0 Å². The molecule has 1 aliphatic heterocycles. The van der Waals surface area contributed by atoms with Crippen molar-refractivity contribution in [3.63, 3.8) is 0 Å². The minimum atomic E-state index is -3.81. The summed E-state index contributed by atoms with van der Waals surface area (Å²) in [7, 11) is -1.40. The highest BCUT2D eigenvalue weighted by Crippen LogP contribution is 2.27. The Morgan fingerprint density at radius 1 is 0.871 bits per heavy atom.